The first kappa shape index (κ1) is 16.6. The molecule has 118 valence electrons. The van der Waals surface area contributed by atoms with Gasteiger partial charge in [0.1, 0.15) is 5.56 Å². The summed E-state index contributed by atoms with van der Waals surface area (Å²) in [5.74, 6) is -0.600. The van der Waals surface area contributed by atoms with Gasteiger partial charge in [0.15, 0.2) is 5.11 Å². The molecule has 2 aromatic rings. The summed E-state index contributed by atoms with van der Waals surface area (Å²) in [5.41, 5.74) is 0.558. The Bertz CT molecular complexity index is 734. The number of hydrogen-bond acceptors (Lipinski definition) is 4. The van der Waals surface area contributed by atoms with Gasteiger partial charge >= 0.3 is 0 Å². The lowest BCUT2D eigenvalue weighted by atomic mass is 10.1. The van der Waals surface area contributed by atoms with Gasteiger partial charge in [-0.15, -0.1) is 0 Å². The van der Waals surface area contributed by atoms with Gasteiger partial charge in [-0.25, -0.2) is 0 Å². The van der Waals surface area contributed by atoms with Crippen molar-refractivity contribution in [1.82, 2.24) is 5.32 Å². The summed E-state index contributed by atoms with van der Waals surface area (Å²) >= 11 is 5.27. The van der Waals surface area contributed by atoms with Crippen LogP contribution in [0.3, 0.4) is 0 Å². The predicted molar refractivity (Wildman–Crippen MR) is 92.6 cm³/mol. The Labute approximate surface area is 138 Å². The predicted octanol–water partition coefficient (Wildman–Crippen LogP) is 3.14. The van der Waals surface area contributed by atoms with E-state index in [0.29, 0.717) is 6.54 Å². The number of carbonyl (C=O) groups is 1. The van der Waals surface area contributed by atoms with Crippen molar-refractivity contribution in [2.75, 3.05) is 11.4 Å². The smallest absolute Gasteiger partial charge is 0.282 e. The normalized spacial score (nSPS) is 9.96. The fourth-order valence-electron chi connectivity index (χ4n) is 2.11. The van der Waals surface area contributed by atoms with Crippen molar-refractivity contribution in [2.45, 2.75) is 6.92 Å². The molecule has 0 unspecified atom stereocenters. The van der Waals surface area contributed by atoms with Gasteiger partial charge in [-0.05, 0) is 37.3 Å². The number of para-hydroxylation sites is 2. The number of benzene rings is 2. The zero-order chi connectivity index (χ0) is 16.8. The highest BCUT2D eigenvalue weighted by Crippen LogP contribution is 2.18. The fraction of sp³-hybridized carbons (Fsp3) is 0.125. The first-order valence-corrected chi connectivity index (χ1v) is 7.36. The number of rotatable bonds is 4. The van der Waals surface area contributed by atoms with Crippen molar-refractivity contribution >= 4 is 34.6 Å². The molecule has 0 saturated heterocycles. The maximum Gasteiger partial charge on any atom is 0.282 e. The molecule has 0 aliphatic rings. The van der Waals surface area contributed by atoms with E-state index in [9.17, 15) is 14.9 Å². The highest BCUT2D eigenvalue weighted by molar-refractivity contribution is 7.80. The average molecular weight is 329 g/mol. The summed E-state index contributed by atoms with van der Waals surface area (Å²) in [6.45, 7) is 2.45. The molecule has 7 heteroatoms. The molecule has 0 heterocycles. The van der Waals surface area contributed by atoms with Crippen LogP contribution in [-0.2, 0) is 0 Å². The molecule has 2 aromatic carbocycles. The van der Waals surface area contributed by atoms with E-state index < -0.39 is 10.8 Å². The van der Waals surface area contributed by atoms with Gasteiger partial charge in [0.2, 0.25) is 0 Å². The van der Waals surface area contributed by atoms with Gasteiger partial charge in [0.25, 0.3) is 11.6 Å². The summed E-state index contributed by atoms with van der Waals surface area (Å²) in [4.78, 5) is 24.5. The van der Waals surface area contributed by atoms with Gasteiger partial charge in [0, 0.05) is 18.3 Å². The molecular weight excluding hydrogens is 314 g/mol. The van der Waals surface area contributed by atoms with Gasteiger partial charge in [-0.2, -0.15) is 0 Å². The zero-order valence-corrected chi connectivity index (χ0v) is 13.2. The van der Waals surface area contributed by atoms with Crippen LogP contribution in [0.5, 0.6) is 0 Å². The number of nitrogens with one attached hydrogen (secondary N) is 1. The number of nitrogens with zero attached hydrogens (tertiary/aromatic N) is 2. The second kappa shape index (κ2) is 7.46. The molecule has 1 amide bonds. The minimum Gasteiger partial charge on any atom is -0.319 e. The van der Waals surface area contributed by atoms with E-state index in [1.54, 1.807) is 11.0 Å². The lowest BCUT2D eigenvalue weighted by molar-refractivity contribution is -0.385. The third-order valence-electron chi connectivity index (χ3n) is 3.20. The Kier molecular flexibility index (Phi) is 5.37. The number of anilines is 1. The molecular formula is C16H15N3O3S. The van der Waals surface area contributed by atoms with E-state index in [0.717, 1.165) is 5.69 Å². The van der Waals surface area contributed by atoms with Crippen molar-refractivity contribution in [3.05, 3.63) is 70.3 Å². The number of nitro groups is 1. The Morgan fingerprint density at radius 1 is 1.17 bits per heavy atom. The first-order valence-electron chi connectivity index (χ1n) is 6.96. The minimum absolute atomic E-state index is 0.0241. The molecule has 0 aromatic heterocycles. The van der Waals surface area contributed by atoms with Crippen molar-refractivity contribution in [3.63, 3.8) is 0 Å². The molecule has 23 heavy (non-hydrogen) atoms. The van der Waals surface area contributed by atoms with Crippen LogP contribution < -0.4 is 10.2 Å². The number of thiocarbonyl (C=S) groups is 1. The van der Waals surface area contributed by atoms with Crippen LogP contribution in [0.2, 0.25) is 0 Å². The number of amides is 1. The molecule has 0 aliphatic heterocycles. The van der Waals surface area contributed by atoms with Gasteiger partial charge in [-0.3, -0.25) is 20.2 Å². The van der Waals surface area contributed by atoms with Crippen LogP contribution in [0, 0.1) is 10.1 Å². The molecule has 2 rings (SSSR count). The Morgan fingerprint density at radius 3 is 2.39 bits per heavy atom. The van der Waals surface area contributed by atoms with Gasteiger partial charge in [0.05, 0.1) is 4.92 Å². The molecule has 0 atom stereocenters. The van der Waals surface area contributed by atoms with Crippen LogP contribution in [0.15, 0.2) is 54.6 Å². The summed E-state index contributed by atoms with van der Waals surface area (Å²) in [7, 11) is 0. The van der Waals surface area contributed by atoms with E-state index in [1.807, 2.05) is 37.3 Å². The maximum absolute atomic E-state index is 12.3. The largest absolute Gasteiger partial charge is 0.319 e. The van der Waals surface area contributed by atoms with Crippen LogP contribution in [0.4, 0.5) is 11.4 Å². The minimum atomic E-state index is -0.600. The lowest BCUT2D eigenvalue weighted by Crippen LogP contribution is -2.42. The molecule has 0 saturated carbocycles. The highest BCUT2D eigenvalue weighted by atomic mass is 32.1. The Morgan fingerprint density at radius 2 is 1.78 bits per heavy atom. The molecule has 0 radical (unpaired) electrons. The fourth-order valence-corrected chi connectivity index (χ4v) is 2.44. The van der Waals surface area contributed by atoms with E-state index in [-0.39, 0.29) is 16.4 Å². The van der Waals surface area contributed by atoms with Crippen LogP contribution in [0.25, 0.3) is 0 Å². The van der Waals surface area contributed by atoms with Crippen molar-refractivity contribution < 1.29 is 9.72 Å². The zero-order valence-electron chi connectivity index (χ0n) is 12.4. The molecule has 6 nitrogen and oxygen atoms in total. The summed E-state index contributed by atoms with van der Waals surface area (Å²) < 4.78 is 0. The van der Waals surface area contributed by atoms with Gasteiger partial charge in [-0.1, -0.05) is 30.3 Å². The first-order chi connectivity index (χ1) is 11.0. The van der Waals surface area contributed by atoms with E-state index in [2.05, 4.69) is 5.32 Å². The van der Waals surface area contributed by atoms with Crippen molar-refractivity contribution in [1.29, 1.82) is 0 Å². The van der Waals surface area contributed by atoms with E-state index in [4.69, 9.17) is 12.2 Å². The summed E-state index contributed by atoms with van der Waals surface area (Å²) in [6, 6.07) is 15.1. The Balaban J connectivity index is 2.20. The van der Waals surface area contributed by atoms with E-state index in [1.165, 1.54) is 18.2 Å². The van der Waals surface area contributed by atoms with Crippen molar-refractivity contribution in [2.24, 2.45) is 0 Å². The number of carbonyl (C=O) groups excluding carboxylic acids is 1. The molecule has 0 bridgehead atoms. The van der Waals surface area contributed by atoms with Crippen LogP contribution in [-0.4, -0.2) is 22.5 Å². The standard InChI is InChI=1S/C16H15N3O3S/c1-2-18(12-8-4-3-5-9-12)16(23)17-15(20)13-10-6-7-11-14(13)19(21)22/h3-11H,2H2,1H3,(H,17,20,23). The third kappa shape index (κ3) is 3.89. The lowest BCUT2D eigenvalue weighted by Gasteiger charge is -2.23. The number of nitro benzene ring substituents is 1. The summed E-state index contributed by atoms with van der Waals surface area (Å²) in [5, 5.41) is 13.8. The number of hydrogen-bond donors (Lipinski definition) is 1. The van der Waals surface area contributed by atoms with Crippen LogP contribution >= 0.6 is 12.2 Å². The quantitative estimate of drug-likeness (QED) is 0.530. The molecule has 1 N–H and O–H groups in total. The monoisotopic (exact) mass is 329 g/mol. The van der Waals surface area contributed by atoms with E-state index >= 15 is 0 Å². The third-order valence-corrected chi connectivity index (χ3v) is 3.52. The molecule has 0 fully saturated rings. The molecule has 0 spiro atoms. The SMILES string of the molecule is CCN(C(=S)NC(=O)c1ccccc1[N+](=O)[O-])c1ccccc1. The Hall–Kier alpha value is -2.80. The summed E-state index contributed by atoms with van der Waals surface area (Å²) in [6.07, 6.45) is 0. The van der Waals surface area contributed by atoms with Gasteiger partial charge < -0.3 is 4.90 Å². The molecule has 0 aliphatic carbocycles. The topological polar surface area (TPSA) is 75.5 Å². The maximum atomic E-state index is 12.3. The second-order valence-electron chi connectivity index (χ2n) is 4.61. The van der Waals surface area contributed by atoms with Crippen LogP contribution in [0.1, 0.15) is 17.3 Å². The average Bonchev–Trinajstić information content (AvgIpc) is 2.56. The highest BCUT2D eigenvalue weighted by Gasteiger charge is 2.21. The van der Waals surface area contributed by atoms with Crippen molar-refractivity contribution in [3.8, 4) is 0 Å². The second-order valence-corrected chi connectivity index (χ2v) is 5.00.